The molecule has 0 aliphatic carbocycles. The van der Waals surface area contributed by atoms with Crippen molar-refractivity contribution < 1.29 is 9.53 Å². The van der Waals surface area contributed by atoms with Crippen molar-refractivity contribution in [2.75, 3.05) is 6.61 Å². The van der Waals surface area contributed by atoms with Gasteiger partial charge in [-0.25, -0.2) is 14.8 Å². The molecule has 1 heterocycles. The second-order valence-corrected chi connectivity index (χ2v) is 5.32. The van der Waals surface area contributed by atoms with E-state index in [1.165, 1.54) is 0 Å². The molecule has 0 bridgehead atoms. The van der Waals surface area contributed by atoms with E-state index >= 15 is 0 Å². The summed E-state index contributed by atoms with van der Waals surface area (Å²) in [5.74, 6) is 0.223. The van der Waals surface area contributed by atoms with Crippen LogP contribution in [0.15, 0.2) is 39.5 Å². The van der Waals surface area contributed by atoms with E-state index in [1.54, 1.807) is 37.5 Å². The lowest BCUT2D eigenvalue weighted by Crippen LogP contribution is -2.05. The summed E-state index contributed by atoms with van der Waals surface area (Å²) in [5, 5.41) is 0. The standard InChI is InChI=1S/C13H10Br2N2O2/c1-2-19-13(18)8-6-9(14)11(10(15)7-8)12-16-4-3-5-17-12/h3-7H,2H2,1H3. The summed E-state index contributed by atoms with van der Waals surface area (Å²) in [7, 11) is 0. The number of esters is 1. The van der Waals surface area contributed by atoms with Gasteiger partial charge >= 0.3 is 5.97 Å². The van der Waals surface area contributed by atoms with Gasteiger partial charge < -0.3 is 4.74 Å². The van der Waals surface area contributed by atoms with E-state index in [4.69, 9.17) is 4.74 Å². The third-order valence-electron chi connectivity index (χ3n) is 2.34. The fourth-order valence-corrected chi connectivity index (χ4v) is 3.09. The van der Waals surface area contributed by atoms with Crippen molar-refractivity contribution in [2.24, 2.45) is 0 Å². The van der Waals surface area contributed by atoms with Crippen molar-refractivity contribution in [1.82, 2.24) is 9.97 Å². The number of carbonyl (C=O) groups is 1. The molecule has 1 aromatic heterocycles. The van der Waals surface area contributed by atoms with Gasteiger partial charge in [0.15, 0.2) is 5.82 Å². The number of nitrogens with zero attached hydrogens (tertiary/aromatic N) is 2. The number of carbonyl (C=O) groups excluding carboxylic acids is 1. The molecule has 0 amide bonds. The molecular formula is C13H10Br2N2O2. The minimum Gasteiger partial charge on any atom is -0.462 e. The maximum atomic E-state index is 11.7. The van der Waals surface area contributed by atoms with Gasteiger partial charge in [-0.2, -0.15) is 0 Å². The Morgan fingerprint density at radius 2 is 1.79 bits per heavy atom. The second-order valence-electron chi connectivity index (χ2n) is 3.61. The van der Waals surface area contributed by atoms with Gasteiger partial charge in [-0.3, -0.25) is 0 Å². The number of ether oxygens (including phenoxy) is 1. The Labute approximate surface area is 127 Å². The fourth-order valence-electron chi connectivity index (χ4n) is 1.55. The van der Waals surface area contributed by atoms with Gasteiger partial charge in [0.1, 0.15) is 0 Å². The smallest absolute Gasteiger partial charge is 0.338 e. The van der Waals surface area contributed by atoms with Crippen LogP contribution in [-0.4, -0.2) is 22.5 Å². The summed E-state index contributed by atoms with van der Waals surface area (Å²) in [4.78, 5) is 20.1. The summed E-state index contributed by atoms with van der Waals surface area (Å²) in [6.07, 6.45) is 3.33. The first-order valence-corrected chi connectivity index (χ1v) is 7.15. The van der Waals surface area contributed by atoms with E-state index < -0.39 is 0 Å². The molecule has 4 nitrogen and oxygen atoms in total. The highest BCUT2D eigenvalue weighted by Gasteiger charge is 2.15. The highest BCUT2D eigenvalue weighted by atomic mass is 79.9. The zero-order valence-corrected chi connectivity index (χ0v) is 13.2. The van der Waals surface area contributed by atoms with Crippen molar-refractivity contribution >= 4 is 37.8 Å². The predicted octanol–water partition coefficient (Wildman–Crippen LogP) is 3.85. The number of hydrogen-bond acceptors (Lipinski definition) is 4. The van der Waals surface area contributed by atoms with Crippen LogP contribution in [0.4, 0.5) is 0 Å². The molecule has 0 unspecified atom stereocenters. The predicted molar refractivity (Wildman–Crippen MR) is 78.8 cm³/mol. The summed E-state index contributed by atoms with van der Waals surface area (Å²) >= 11 is 6.87. The zero-order valence-electron chi connectivity index (χ0n) is 10.1. The van der Waals surface area contributed by atoms with E-state index in [0.717, 1.165) is 14.5 Å². The zero-order chi connectivity index (χ0) is 13.8. The Hall–Kier alpha value is -1.27. The largest absolute Gasteiger partial charge is 0.462 e. The molecule has 19 heavy (non-hydrogen) atoms. The summed E-state index contributed by atoms with van der Waals surface area (Å²) in [6.45, 7) is 2.12. The molecule has 6 heteroatoms. The SMILES string of the molecule is CCOC(=O)c1cc(Br)c(-c2ncccn2)c(Br)c1. The van der Waals surface area contributed by atoms with Gasteiger partial charge in [-0.1, -0.05) is 0 Å². The number of halogens is 2. The number of aromatic nitrogens is 2. The molecule has 2 aromatic rings. The van der Waals surface area contributed by atoms with Crippen LogP contribution in [0.2, 0.25) is 0 Å². The Morgan fingerprint density at radius 1 is 1.21 bits per heavy atom. The molecular weight excluding hydrogens is 376 g/mol. The van der Waals surface area contributed by atoms with E-state index in [0.29, 0.717) is 18.0 Å². The molecule has 0 aliphatic heterocycles. The van der Waals surface area contributed by atoms with Crippen LogP contribution in [0.5, 0.6) is 0 Å². The molecule has 0 saturated heterocycles. The maximum absolute atomic E-state index is 11.7. The minimum absolute atomic E-state index is 0.345. The van der Waals surface area contributed by atoms with Crippen LogP contribution in [0.3, 0.4) is 0 Å². The minimum atomic E-state index is -0.357. The first-order valence-electron chi connectivity index (χ1n) is 5.57. The van der Waals surface area contributed by atoms with E-state index in [9.17, 15) is 4.79 Å². The summed E-state index contributed by atoms with van der Waals surface area (Å²) < 4.78 is 6.44. The van der Waals surface area contributed by atoms with Crippen LogP contribution < -0.4 is 0 Å². The van der Waals surface area contributed by atoms with Gasteiger partial charge in [0, 0.05) is 26.9 Å². The van der Waals surface area contributed by atoms with Crippen molar-refractivity contribution in [3.63, 3.8) is 0 Å². The first kappa shape index (κ1) is 14.1. The van der Waals surface area contributed by atoms with Crippen molar-refractivity contribution in [2.45, 2.75) is 6.92 Å². The van der Waals surface area contributed by atoms with Gasteiger partial charge in [-0.15, -0.1) is 0 Å². The Balaban J connectivity index is 2.47. The van der Waals surface area contributed by atoms with Gasteiger partial charge in [0.25, 0.3) is 0 Å². The average Bonchev–Trinajstić information content (AvgIpc) is 2.39. The lowest BCUT2D eigenvalue weighted by atomic mass is 10.1. The van der Waals surface area contributed by atoms with E-state index in [1.807, 2.05) is 0 Å². The molecule has 0 saturated carbocycles. The highest BCUT2D eigenvalue weighted by molar-refractivity contribution is 9.11. The number of hydrogen-bond donors (Lipinski definition) is 0. The van der Waals surface area contributed by atoms with Gasteiger partial charge in [0.2, 0.25) is 0 Å². The van der Waals surface area contributed by atoms with Crippen LogP contribution in [0, 0.1) is 0 Å². The molecule has 0 radical (unpaired) electrons. The lowest BCUT2D eigenvalue weighted by Gasteiger charge is -2.09. The van der Waals surface area contributed by atoms with E-state index in [2.05, 4.69) is 41.8 Å². The maximum Gasteiger partial charge on any atom is 0.338 e. The molecule has 0 fully saturated rings. The molecule has 98 valence electrons. The molecule has 0 N–H and O–H groups in total. The average molecular weight is 386 g/mol. The van der Waals surface area contributed by atoms with Gasteiger partial charge in [-0.05, 0) is 57.0 Å². The van der Waals surface area contributed by atoms with Crippen molar-refractivity contribution in [1.29, 1.82) is 0 Å². The lowest BCUT2D eigenvalue weighted by molar-refractivity contribution is 0.0526. The van der Waals surface area contributed by atoms with Crippen LogP contribution in [0.25, 0.3) is 11.4 Å². The molecule has 2 rings (SSSR count). The number of benzene rings is 1. The summed E-state index contributed by atoms with van der Waals surface area (Å²) in [5.41, 5.74) is 1.27. The molecule has 1 aromatic carbocycles. The Bertz CT molecular complexity index is 580. The number of rotatable bonds is 3. The summed E-state index contributed by atoms with van der Waals surface area (Å²) in [6, 6.07) is 5.15. The van der Waals surface area contributed by atoms with Crippen LogP contribution >= 0.6 is 31.9 Å². The van der Waals surface area contributed by atoms with Crippen molar-refractivity contribution in [3.8, 4) is 11.4 Å². The molecule has 0 spiro atoms. The van der Waals surface area contributed by atoms with Gasteiger partial charge in [0.05, 0.1) is 12.2 Å². The fraction of sp³-hybridized carbons (Fsp3) is 0.154. The van der Waals surface area contributed by atoms with E-state index in [-0.39, 0.29) is 5.97 Å². The highest BCUT2D eigenvalue weighted by Crippen LogP contribution is 2.34. The second kappa shape index (κ2) is 6.25. The third-order valence-corrected chi connectivity index (χ3v) is 3.59. The van der Waals surface area contributed by atoms with Crippen LogP contribution in [0.1, 0.15) is 17.3 Å². The normalized spacial score (nSPS) is 10.3. The third kappa shape index (κ3) is 3.19. The first-order chi connectivity index (χ1) is 9.13. The topological polar surface area (TPSA) is 52.1 Å². The quantitative estimate of drug-likeness (QED) is 0.753. The Morgan fingerprint density at radius 3 is 2.32 bits per heavy atom. The Kier molecular flexibility index (Phi) is 4.66. The monoisotopic (exact) mass is 384 g/mol. The van der Waals surface area contributed by atoms with Crippen molar-refractivity contribution in [3.05, 3.63) is 45.1 Å². The molecule has 0 atom stereocenters. The molecule has 0 aliphatic rings. The van der Waals surface area contributed by atoms with Crippen LogP contribution in [-0.2, 0) is 4.74 Å².